The molecule has 8 nitrogen and oxygen atoms in total. The number of rotatable bonds is 2. The van der Waals surface area contributed by atoms with Crippen molar-refractivity contribution in [3.63, 3.8) is 0 Å². The van der Waals surface area contributed by atoms with E-state index in [0.29, 0.717) is 0 Å². The van der Waals surface area contributed by atoms with Gasteiger partial charge in [-0.25, -0.2) is 0 Å². The summed E-state index contributed by atoms with van der Waals surface area (Å²) in [6.45, 7) is 1.43. The summed E-state index contributed by atoms with van der Waals surface area (Å²) >= 11 is 0. The Morgan fingerprint density at radius 2 is 2.00 bits per heavy atom. The zero-order chi connectivity index (χ0) is 11.0. The van der Waals surface area contributed by atoms with E-state index in [2.05, 4.69) is 4.74 Å². The van der Waals surface area contributed by atoms with Gasteiger partial charge in [0.15, 0.2) is 0 Å². The lowest BCUT2D eigenvalue weighted by atomic mass is 10.2. The molecule has 0 aliphatic rings. The van der Waals surface area contributed by atoms with Crippen molar-refractivity contribution in [1.29, 1.82) is 0 Å². The van der Waals surface area contributed by atoms with Gasteiger partial charge in [-0.15, -0.1) is 10.1 Å². The predicted molar refractivity (Wildman–Crippen MR) is 40.5 cm³/mol. The van der Waals surface area contributed by atoms with E-state index < -0.39 is 23.2 Å². The number of hydrogen-bond acceptors (Lipinski definition) is 6. The van der Waals surface area contributed by atoms with E-state index in [1.807, 2.05) is 0 Å². The zero-order valence-electron chi connectivity index (χ0n) is 7.21. The molecule has 0 aromatic heterocycles. The molecule has 0 aliphatic heterocycles. The Labute approximate surface area is 74.0 Å². The van der Waals surface area contributed by atoms with E-state index >= 15 is 0 Å². The van der Waals surface area contributed by atoms with E-state index in [4.69, 9.17) is 26.2 Å². The van der Waals surface area contributed by atoms with Gasteiger partial charge in [0.1, 0.15) is 6.04 Å². The molecular weight excluding hydrogens is 184 g/mol. The summed E-state index contributed by atoms with van der Waals surface area (Å²) in [6, 6.07) is -0.921. The summed E-state index contributed by atoms with van der Waals surface area (Å²) in [5.74, 6) is -0.593. The van der Waals surface area contributed by atoms with Crippen LogP contribution in [-0.2, 0) is 9.53 Å². The second-order valence-electron chi connectivity index (χ2n) is 2.03. The topological polar surface area (TPSA) is 136 Å². The summed E-state index contributed by atoms with van der Waals surface area (Å²) in [7, 11) is 1.23. The first-order chi connectivity index (χ1) is 5.82. The molecule has 0 saturated carbocycles. The lowest BCUT2D eigenvalue weighted by Crippen LogP contribution is -2.40. The number of aliphatic hydroxyl groups is 1. The number of aliphatic hydroxyl groups excluding tert-OH is 1. The molecule has 78 valence electrons. The first-order valence-electron chi connectivity index (χ1n) is 3.17. The van der Waals surface area contributed by atoms with E-state index in [-0.39, 0.29) is 0 Å². The predicted octanol–water partition coefficient (Wildman–Crippen LogP) is -1.48. The zero-order valence-corrected chi connectivity index (χ0v) is 7.21. The monoisotopic (exact) mass is 196 g/mol. The molecule has 8 heteroatoms. The number of carbonyl (C=O) groups excluding carboxylic acids is 1. The summed E-state index contributed by atoms with van der Waals surface area (Å²) in [5.41, 5.74) is 5.15. The fraction of sp³-hybridized carbons (Fsp3) is 0.800. The van der Waals surface area contributed by atoms with Crippen molar-refractivity contribution in [2.75, 3.05) is 7.11 Å². The first-order valence-corrected chi connectivity index (χ1v) is 3.17. The third-order valence-corrected chi connectivity index (χ3v) is 0.993. The van der Waals surface area contributed by atoms with Crippen LogP contribution >= 0.6 is 0 Å². The van der Waals surface area contributed by atoms with Gasteiger partial charge >= 0.3 is 5.97 Å². The molecule has 0 amide bonds. The van der Waals surface area contributed by atoms with E-state index in [1.54, 1.807) is 0 Å². The quantitative estimate of drug-likeness (QED) is 0.278. The third-order valence-electron chi connectivity index (χ3n) is 0.993. The highest BCUT2D eigenvalue weighted by atomic mass is 16.9. The number of carbonyl (C=O) groups is 1. The number of esters is 1. The SMILES string of the molecule is COC(=O)C(N)C(C)O.O=[N+]([O-])O. The highest BCUT2D eigenvalue weighted by Gasteiger charge is 2.18. The van der Waals surface area contributed by atoms with Crippen LogP contribution in [-0.4, -0.2) is 40.6 Å². The van der Waals surface area contributed by atoms with Gasteiger partial charge in [0, 0.05) is 0 Å². The van der Waals surface area contributed by atoms with Gasteiger partial charge in [-0.3, -0.25) is 4.79 Å². The van der Waals surface area contributed by atoms with Crippen LogP contribution in [0.5, 0.6) is 0 Å². The molecular formula is C5H12N2O6. The van der Waals surface area contributed by atoms with Crippen molar-refractivity contribution in [3.8, 4) is 0 Å². The summed E-state index contributed by atoms with van der Waals surface area (Å²) in [5, 5.41) is 22.3. The molecule has 2 atom stereocenters. The average Bonchev–Trinajstić information content (AvgIpc) is 2.00. The highest BCUT2D eigenvalue weighted by molar-refractivity contribution is 5.75. The van der Waals surface area contributed by atoms with Crippen LogP contribution in [0.2, 0.25) is 0 Å². The van der Waals surface area contributed by atoms with Crippen LogP contribution in [0.25, 0.3) is 0 Å². The highest BCUT2D eigenvalue weighted by Crippen LogP contribution is 1.89. The molecule has 0 radical (unpaired) electrons. The minimum atomic E-state index is -1.50. The molecule has 0 spiro atoms. The minimum absolute atomic E-state index is 0.593. The number of nitrogens with zero attached hydrogens (tertiary/aromatic N) is 1. The molecule has 0 saturated heterocycles. The lowest BCUT2D eigenvalue weighted by Gasteiger charge is -2.10. The molecule has 13 heavy (non-hydrogen) atoms. The van der Waals surface area contributed by atoms with E-state index in [1.165, 1.54) is 14.0 Å². The number of nitrogens with two attached hydrogens (primary N) is 1. The van der Waals surface area contributed by atoms with Crippen molar-refractivity contribution < 1.29 is 24.9 Å². The van der Waals surface area contributed by atoms with E-state index in [0.717, 1.165) is 0 Å². The van der Waals surface area contributed by atoms with E-state index in [9.17, 15) is 4.79 Å². The van der Waals surface area contributed by atoms with Crippen LogP contribution in [0.3, 0.4) is 0 Å². The number of hydrogen-bond donors (Lipinski definition) is 3. The summed E-state index contributed by atoms with van der Waals surface area (Å²) in [4.78, 5) is 18.8. The maximum Gasteiger partial charge on any atom is 0.325 e. The Hall–Kier alpha value is -1.41. The Kier molecular flexibility index (Phi) is 7.88. The summed E-state index contributed by atoms with van der Waals surface area (Å²) in [6.07, 6.45) is -0.850. The smallest absolute Gasteiger partial charge is 0.325 e. The molecule has 0 aromatic carbocycles. The molecule has 0 heterocycles. The minimum Gasteiger partial charge on any atom is -0.468 e. The Bertz CT molecular complexity index is 166. The second-order valence-corrected chi connectivity index (χ2v) is 2.03. The van der Waals surface area contributed by atoms with Gasteiger partial charge in [0.2, 0.25) is 0 Å². The van der Waals surface area contributed by atoms with Gasteiger partial charge in [0.25, 0.3) is 5.09 Å². The van der Waals surface area contributed by atoms with Crippen molar-refractivity contribution in [3.05, 3.63) is 10.1 Å². The number of ether oxygens (including phenoxy) is 1. The van der Waals surface area contributed by atoms with Gasteiger partial charge in [-0.2, -0.15) is 0 Å². The Morgan fingerprint density at radius 1 is 1.69 bits per heavy atom. The van der Waals surface area contributed by atoms with Crippen LogP contribution in [0.1, 0.15) is 6.92 Å². The van der Waals surface area contributed by atoms with Crippen molar-refractivity contribution in [2.24, 2.45) is 5.73 Å². The maximum absolute atomic E-state index is 10.4. The van der Waals surface area contributed by atoms with Crippen molar-refractivity contribution >= 4 is 5.97 Å². The lowest BCUT2D eigenvalue weighted by molar-refractivity contribution is -0.742. The van der Waals surface area contributed by atoms with Gasteiger partial charge in [0.05, 0.1) is 13.2 Å². The third kappa shape index (κ3) is 10.6. The molecule has 0 rings (SSSR count). The van der Waals surface area contributed by atoms with Gasteiger partial charge in [-0.05, 0) is 6.92 Å². The van der Waals surface area contributed by atoms with Gasteiger partial charge in [-0.1, -0.05) is 0 Å². The normalized spacial score (nSPS) is 13.2. The second kappa shape index (κ2) is 7.25. The first kappa shape index (κ1) is 14.1. The Morgan fingerprint density at radius 3 is 2.08 bits per heavy atom. The fourth-order valence-corrected chi connectivity index (χ4v) is 0.333. The Balaban J connectivity index is 0. The van der Waals surface area contributed by atoms with Crippen LogP contribution in [0.4, 0.5) is 0 Å². The van der Waals surface area contributed by atoms with Crippen molar-refractivity contribution in [1.82, 2.24) is 0 Å². The molecule has 0 fully saturated rings. The molecule has 4 N–H and O–H groups in total. The molecule has 2 unspecified atom stereocenters. The molecule has 0 bridgehead atoms. The molecule has 0 aliphatic carbocycles. The van der Waals surface area contributed by atoms with Crippen molar-refractivity contribution in [2.45, 2.75) is 19.1 Å². The van der Waals surface area contributed by atoms with Crippen LogP contribution < -0.4 is 5.73 Å². The number of methoxy groups -OCH3 is 1. The standard InChI is InChI=1S/C5H11NO3.HNO3/c1-3(7)4(6)5(8)9-2;2-1(3)4/h3-4,7H,6H2,1-2H3;(H,2,3,4). The largest absolute Gasteiger partial charge is 0.468 e. The fourth-order valence-electron chi connectivity index (χ4n) is 0.333. The van der Waals surface area contributed by atoms with Crippen LogP contribution in [0, 0.1) is 10.1 Å². The summed E-state index contributed by atoms with van der Waals surface area (Å²) < 4.78 is 4.25. The maximum atomic E-state index is 10.4. The average molecular weight is 196 g/mol. The van der Waals surface area contributed by atoms with Crippen LogP contribution in [0.15, 0.2) is 0 Å². The van der Waals surface area contributed by atoms with Gasteiger partial charge < -0.3 is 20.8 Å². The molecule has 0 aromatic rings.